The van der Waals surface area contributed by atoms with Crippen molar-refractivity contribution < 1.29 is 19.1 Å². The first-order chi connectivity index (χ1) is 14.5. The van der Waals surface area contributed by atoms with Crippen LogP contribution in [-0.4, -0.2) is 36.4 Å². The van der Waals surface area contributed by atoms with Gasteiger partial charge in [0.05, 0.1) is 18.2 Å². The predicted molar refractivity (Wildman–Crippen MR) is 116 cm³/mol. The second-order valence-corrected chi connectivity index (χ2v) is 7.58. The van der Waals surface area contributed by atoms with Crippen LogP contribution in [0.25, 0.3) is 0 Å². The first kappa shape index (κ1) is 19.8. The molecular formula is C23H17BrN2O4. The molecule has 1 aliphatic rings. The molecule has 150 valence electrons. The summed E-state index contributed by atoms with van der Waals surface area (Å²) in [5, 5.41) is 0. The first-order valence-corrected chi connectivity index (χ1v) is 9.95. The largest absolute Gasteiger partial charge is 0.497 e. The van der Waals surface area contributed by atoms with Crippen molar-refractivity contribution in [3.05, 3.63) is 94.0 Å². The average Bonchev–Trinajstić information content (AvgIpc) is 3.02. The van der Waals surface area contributed by atoms with Crippen LogP contribution in [0.15, 0.2) is 77.3 Å². The standard InChI is InChI=1S/C23H17BrN2O4/c1-30-18-6-4-5-17(13-18)25(21(27)15-9-11-16(24)12-10-15)14-26-22(28)19-7-2-3-8-20(19)23(26)29/h2-13H,14H2,1H3. The summed E-state index contributed by atoms with van der Waals surface area (Å²) in [6.45, 7) is -0.214. The van der Waals surface area contributed by atoms with Crippen LogP contribution >= 0.6 is 15.9 Å². The van der Waals surface area contributed by atoms with Crippen molar-refractivity contribution in [3.63, 3.8) is 0 Å². The maximum atomic E-state index is 13.4. The van der Waals surface area contributed by atoms with E-state index in [2.05, 4.69) is 15.9 Å². The molecule has 0 aliphatic carbocycles. The lowest BCUT2D eigenvalue weighted by Gasteiger charge is -2.27. The van der Waals surface area contributed by atoms with Gasteiger partial charge in [-0.05, 0) is 48.5 Å². The van der Waals surface area contributed by atoms with Gasteiger partial charge in [0.2, 0.25) is 0 Å². The summed E-state index contributed by atoms with van der Waals surface area (Å²) >= 11 is 3.36. The summed E-state index contributed by atoms with van der Waals surface area (Å²) in [5.74, 6) is -0.630. The molecule has 0 N–H and O–H groups in total. The second-order valence-electron chi connectivity index (χ2n) is 6.67. The van der Waals surface area contributed by atoms with E-state index < -0.39 is 11.8 Å². The minimum atomic E-state index is -0.424. The monoisotopic (exact) mass is 464 g/mol. The molecule has 0 fully saturated rings. The summed E-state index contributed by atoms with van der Waals surface area (Å²) in [7, 11) is 1.53. The van der Waals surface area contributed by atoms with Crippen LogP contribution in [0, 0.1) is 0 Å². The highest BCUT2D eigenvalue weighted by Crippen LogP contribution is 2.27. The van der Waals surface area contributed by atoms with Gasteiger partial charge in [-0.25, -0.2) is 0 Å². The smallest absolute Gasteiger partial charge is 0.263 e. The number of fused-ring (bicyclic) bond motifs is 1. The third-order valence-corrected chi connectivity index (χ3v) is 5.39. The Morgan fingerprint density at radius 2 is 1.57 bits per heavy atom. The number of nitrogens with zero attached hydrogens (tertiary/aromatic N) is 2. The lowest BCUT2D eigenvalue weighted by Crippen LogP contribution is -2.44. The number of carbonyl (C=O) groups excluding carboxylic acids is 3. The van der Waals surface area contributed by atoms with E-state index in [1.165, 1.54) is 12.0 Å². The highest BCUT2D eigenvalue weighted by atomic mass is 79.9. The van der Waals surface area contributed by atoms with Crippen LogP contribution in [0.3, 0.4) is 0 Å². The van der Waals surface area contributed by atoms with Crippen LogP contribution in [0.5, 0.6) is 5.75 Å². The highest BCUT2D eigenvalue weighted by Gasteiger charge is 2.37. The molecule has 3 aromatic rings. The van der Waals surface area contributed by atoms with E-state index in [0.717, 1.165) is 9.37 Å². The van der Waals surface area contributed by atoms with Crippen molar-refractivity contribution in [1.82, 2.24) is 4.90 Å². The molecule has 0 radical (unpaired) electrons. The fourth-order valence-electron chi connectivity index (χ4n) is 3.30. The number of rotatable bonds is 5. The van der Waals surface area contributed by atoms with Crippen molar-refractivity contribution in [2.24, 2.45) is 0 Å². The van der Waals surface area contributed by atoms with Gasteiger partial charge in [0.1, 0.15) is 12.4 Å². The molecular weight excluding hydrogens is 448 g/mol. The summed E-state index contributed by atoms with van der Waals surface area (Å²) < 4.78 is 6.12. The molecule has 0 aromatic heterocycles. The van der Waals surface area contributed by atoms with Gasteiger partial charge in [0, 0.05) is 21.8 Å². The molecule has 30 heavy (non-hydrogen) atoms. The van der Waals surface area contributed by atoms with Gasteiger partial charge < -0.3 is 4.74 Å². The summed E-state index contributed by atoms with van der Waals surface area (Å²) in [6, 6.07) is 20.5. The quantitative estimate of drug-likeness (QED) is 0.526. The summed E-state index contributed by atoms with van der Waals surface area (Å²) in [6.07, 6.45) is 0. The Bertz CT molecular complexity index is 1110. The number of amides is 3. The molecule has 6 nitrogen and oxygen atoms in total. The minimum Gasteiger partial charge on any atom is -0.497 e. The molecule has 0 bridgehead atoms. The third-order valence-electron chi connectivity index (χ3n) is 4.86. The molecule has 3 amide bonds. The minimum absolute atomic E-state index is 0.214. The SMILES string of the molecule is COc1cccc(N(CN2C(=O)c3ccccc3C2=O)C(=O)c2ccc(Br)cc2)c1. The van der Waals surface area contributed by atoms with E-state index in [1.807, 2.05) is 0 Å². The molecule has 0 unspecified atom stereocenters. The lowest BCUT2D eigenvalue weighted by molar-refractivity contribution is 0.0650. The van der Waals surface area contributed by atoms with E-state index in [-0.39, 0.29) is 12.6 Å². The normalized spacial score (nSPS) is 12.7. The maximum Gasteiger partial charge on any atom is 0.263 e. The lowest BCUT2D eigenvalue weighted by atomic mass is 10.1. The average molecular weight is 465 g/mol. The summed E-state index contributed by atoms with van der Waals surface area (Å²) in [5.41, 5.74) is 1.62. The van der Waals surface area contributed by atoms with Gasteiger partial charge in [-0.1, -0.05) is 34.1 Å². The van der Waals surface area contributed by atoms with E-state index in [1.54, 1.807) is 72.8 Å². The Balaban J connectivity index is 1.72. The molecule has 1 heterocycles. The van der Waals surface area contributed by atoms with Crippen molar-refractivity contribution in [1.29, 1.82) is 0 Å². The molecule has 0 atom stereocenters. The Hall–Kier alpha value is -3.45. The number of imide groups is 1. The van der Waals surface area contributed by atoms with E-state index in [0.29, 0.717) is 28.1 Å². The molecule has 4 rings (SSSR count). The van der Waals surface area contributed by atoms with Gasteiger partial charge >= 0.3 is 0 Å². The highest BCUT2D eigenvalue weighted by molar-refractivity contribution is 9.10. The van der Waals surface area contributed by atoms with Crippen molar-refractivity contribution >= 4 is 39.3 Å². The molecule has 0 saturated heterocycles. The van der Waals surface area contributed by atoms with Gasteiger partial charge in [0.15, 0.2) is 0 Å². The van der Waals surface area contributed by atoms with E-state index >= 15 is 0 Å². The van der Waals surface area contributed by atoms with Gasteiger partial charge in [0.25, 0.3) is 17.7 Å². The predicted octanol–water partition coefficient (Wildman–Crippen LogP) is 4.36. The Morgan fingerprint density at radius 1 is 0.933 bits per heavy atom. The number of ether oxygens (including phenoxy) is 1. The van der Waals surface area contributed by atoms with E-state index in [4.69, 9.17) is 4.74 Å². The zero-order chi connectivity index (χ0) is 21.3. The molecule has 1 aliphatic heterocycles. The van der Waals surface area contributed by atoms with Crippen LogP contribution in [-0.2, 0) is 0 Å². The zero-order valence-electron chi connectivity index (χ0n) is 16.0. The summed E-state index contributed by atoms with van der Waals surface area (Å²) in [4.78, 5) is 41.5. The first-order valence-electron chi connectivity index (χ1n) is 9.16. The maximum absolute atomic E-state index is 13.4. The van der Waals surface area contributed by atoms with Crippen LogP contribution in [0.4, 0.5) is 5.69 Å². The number of halogens is 1. The van der Waals surface area contributed by atoms with Gasteiger partial charge in [-0.15, -0.1) is 0 Å². The van der Waals surface area contributed by atoms with E-state index in [9.17, 15) is 14.4 Å². The fourth-order valence-corrected chi connectivity index (χ4v) is 3.56. The number of methoxy groups -OCH3 is 1. The molecule has 0 saturated carbocycles. The molecule has 0 spiro atoms. The van der Waals surface area contributed by atoms with Crippen LogP contribution < -0.4 is 9.64 Å². The van der Waals surface area contributed by atoms with Crippen LogP contribution in [0.1, 0.15) is 31.1 Å². The molecule has 3 aromatic carbocycles. The van der Waals surface area contributed by atoms with Crippen molar-refractivity contribution in [2.45, 2.75) is 0 Å². The Kier molecular flexibility index (Phi) is 5.37. The van der Waals surface area contributed by atoms with Gasteiger partial charge in [-0.3, -0.25) is 24.2 Å². The second kappa shape index (κ2) is 8.12. The van der Waals surface area contributed by atoms with Crippen molar-refractivity contribution in [2.75, 3.05) is 18.7 Å². The topological polar surface area (TPSA) is 66.9 Å². The number of hydrogen-bond donors (Lipinski definition) is 0. The number of anilines is 1. The Labute approximate surface area is 181 Å². The third kappa shape index (κ3) is 3.59. The van der Waals surface area contributed by atoms with Crippen LogP contribution in [0.2, 0.25) is 0 Å². The zero-order valence-corrected chi connectivity index (χ0v) is 17.6. The van der Waals surface area contributed by atoms with Crippen molar-refractivity contribution in [3.8, 4) is 5.75 Å². The fraction of sp³-hybridized carbons (Fsp3) is 0.0870. The number of hydrogen-bond acceptors (Lipinski definition) is 4. The Morgan fingerprint density at radius 3 is 2.17 bits per heavy atom. The van der Waals surface area contributed by atoms with Gasteiger partial charge in [-0.2, -0.15) is 0 Å². The molecule has 7 heteroatoms. The number of benzene rings is 3. The number of carbonyl (C=O) groups is 3.